The molecule has 0 saturated heterocycles. The van der Waals surface area contributed by atoms with Crippen LogP contribution in [0.5, 0.6) is 11.5 Å². The molecule has 128 valence electrons. The highest BCUT2D eigenvalue weighted by atomic mass is 16.5. The van der Waals surface area contributed by atoms with Gasteiger partial charge >= 0.3 is 5.97 Å². The summed E-state index contributed by atoms with van der Waals surface area (Å²) in [5.41, 5.74) is 0.462. The van der Waals surface area contributed by atoms with E-state index in [0.717, 1.165) is 18.8 Å². The number of unbranched alkanes of at least 4 members (excludes halogenated alkanes) is 2. The van der Waals surface area contributed by atoms with Crippen molar-refractivity contribution in [1.82, 2.24) is 0 Å². The number of para-hydroxylation sites is 2. The lowest BCUT2D eigenvalue weighted by atomic mass is 10.1. The molecule has 2 rings (SSSR count). The maximum atomic E-state index is 12.3. The second kappa shape index (κ2) is 9.76. The van der Waals surface area contributed by atoms with Crippen molar-refractivity contribution in [3.63, 3.8) is 0 Å². The minimum atomic E-state index is -0.328. The average Bonchev–Trinajstić information content (AvgIpc) is 2.59. The Morgan fingerprint density at radius 2 is 1.62 bits per heavy atom. The lowest BCUT2D eigenvalue weighted by molar-refractivity contribution is 0.0494. The van der Waals surface area contributed by atoms with E-state index in [1.54, 1.807) is 12.1 Å². The van der Waals surface area contributed by atoms with Crippen LogP contribution in [0.15, 0.2) is 54.6 Å². The number of hydrogen-bond donors (Lipinski definition) is 0. The Labute approximate surface area is 144 Å². The Morgan fingerprint density at radius 3 is 2.38 bits per heavy atom. The standard InChI is InChI=1S/C21H26O3/c1-17(2)11-5-4-10-16-23-21(22)19-14-8-9-15-20(19)24-18-12-6-3-7-13-18/h3,6-9,12-15,17H,4-5,10-11,16H2,1-2H3. The van der Waals surface area contributed by atoms with Gasteiger partial charge in [-0.15, -0.1) is 0 Å². The highest BCUT2D eigenvalue weighted by molar-refractivity contribution is 5.92. The van der Waals surface area contributed by atoms with Crippen LogP contribution in [0.1, 0.15) is 49.9 Å². The first-order chi connectivity index (χ1) is 11.7. The first-order valence-corrected chi connectivity index (χ1v) is 8.66. The van der Waals surface area contributed by atoms with Crippen LogP contribution in [0.3, 0.4) is 0 Å². The molecule has 2 aromatic carbocycles. The molecule has 0 aliphatic carbocycles. The highest BCUT2D eigenvalue weighted by Gasteiger charge is 2.14. The number of rotatable bonds is 9. The third-order valence-corrected chi connectivity index (χ3v) is 3.74. The largest absolute Gasteiger partial charge is 0.462 e. The lowest BCUT2D eigenvalue weighted by Crippen LogP contribution is -2.08. The van der Waals surface area contributed by atoms with E-state index < -0.39 is 0 Å². The molecular formula is C21H26O3. The predicted octanol–water partition coefficient (Wildman–Crippen LogP) is 5.85. The number of esters is 1. The summed E-state index contributed by atoms with van der Waals surface area (Å²) in [6.45, 7) is 4.91. The molecule has 3 heteroatoms. The van der Waals surface area contributed by atoms with E-state index in [4.69, 9.17) is 9.47 Å². The SMILES string of the molecule is CC(C)CCCCCOC(=O)c1ccccc1Oc1ccccc1. The van der Waals surface area contributed by atoms with Crippen molar-refractivity contribution in [3.8, 4) is 11.5 Å². The molecule has 0 unspecified atom stereocenters. The minimum Gasteiger partial charge on any atom is -0.462 e. The number of carbonyl (C=O) groups is 1. The summed E-state index contributed by atoms with van der Waals surface area (Å²) in [6.07, 6.45) is 4.40. The van der Waals surface area contributed by atoms with Crippen LogP contribution in [0.25, 0.3) is 0 Å². The molecule has 0 aliphatic heterocycles. The first-order valence-electron chi connectivity index (χ1n) is 8.66. The molecule has 3 nitrogen and oxygen atoms in total. The van der Waals surface area contributed by atoms with Crippen molar-refractivity contribution >= 4 is 5.97 Å². The minimum absolute atomic E-state index is 0.328. The van der Waals surface area contributed by atoms with E-state index in [1.165, 1.54) is 12.8 Å². The second-order valence-electron chi connectivity index (χ2n) is 6.29. The third-order valence-electron chi connectivity index (χ3n) is 3.74. The Bertz CT molecular complexity index is 620. The first kappa shape index (κ1) is 18.1. The molecule has 0 saturated carbocycles. The summed E-state index contributed by atoms with van der Waals surface area (Å²) in [5, 5.41) is 0. The van der Waals surface area contributed by atoms with Gasteiger partial charge in [0.25, 0.3) is 0 Å². The van der Waals surface area contributed by atoms with Gasteiger partial charge in [-0.2, -0.15) is 0 Å². The molecule has 0 heterocycles. The topological polar surface area (TPSA) is 35.5 Å². The van der Waals surface area contributed by atoms with Gasteiger partial charge in [0.1, 0.15) is 17.1 Å². The Hall–Kier alpha value is -2.29. The Kier molecular flexibility index (Phi) is 7.34. The molecule has 0 bridgehead atoms. The Balaban J connectivity index is 1.86. The average molecular weight is 326 g/mol. The molecule has 0 fully saturated rings. The van der Waals surface area contributed by atoms with Gasteiger partial charge in [0.2, 0.25) is 0 Å². The van der Waals surface area contributed by atoms with Gasteiger partial charge in [0, 0.05) is 0 Å². The quantitative estimate of drug-likeness (QED) is 0.428. The lowest BCUT2D eigenvalue weighted by Gasteiger charge is -2.11. The van der Waals surface area contributed by atoms with Gasteiger partial charge in [-0.1, -0.05) is 63.4 Å². The van der Waals surface area contributed by atoms with Crippen molar-refractivity contribution in [2.45, 2.75) is 39.5 Å². The van der Waals surface area contributed by atoms with Gasteiger partial charge in [0.15, 0.2) is 0 Å². The fourth-order valence-electron chi connectivity index (χ4n) is 2.41. The number of hydrogen-bond acceptors (Lipinski definition) is 3. The predicted molar refractivity (Wildman–Crippen MR) is 96.5 cm³/mol. The van der Waals surface area contributed by atoms with Crippen LogP contribution in [0.2, 0.25) is 0 Å². The molecule has 0 spiro atoms. The zero-order chi connectivity index (χ0) is 17.2. The number of carbonyl (C=O) groups excluding carboxylic acids is 1. The zero-order valence-electron chi connectivity index (χ0n) is 14.5. The third kappa shape index (κ3) is 6.07. The van der Waals surface area contributed by atoms with Gasteiger partial charge in [-0.05, 0) is 36.6 Å². The second-order valence-corrected chi connectivity index (χ2v) is 6.29. The van der Waals surface area contributed by atoms with Gasteiger partial charge in [0.05, 0.1) is 6.61 Å². The molecule has 0 N–H and O–H groups in total. The summed E-state index contributed by atoms with van der Waals surface area (Å²) in [6, 6.07) is 16.6. The smallest absolute Gasteiger partial charge is 0.341 e. The summed E-state index contributed by atoms with van der Waals surface area (Å²) in [5.74, 6) is 1.62. The normalized spacial score (nSPS) is 10.6. The van der Waals surface area contributed by atoms with Gasteiger partial charge < -0.3 is 9.47 Å². The van der Waals surface area contributed by atoms with Crippen LogP contribution >= 0.6 is 0 Å². The summed E-state index contributed by atoms with van der Waals surface area (Å²) in [7, 11) is 0. The molecular weight excluding hydrogens is 300 g/mol. The van der Waals surface area contributed by atoms with Crippen LogP contribution in [0, 0.1) is 5.92 Å². The molecule has 2 aromatic rings. The van der Waals surface area contributed by atoms with E-state index in [1.807, 2.05) is 42.5 Å². The van der Waals surface area contributed by atoms with Gasteiger partial charge in [-0.3, -0.25) is 0 Å². The fraction of sp³-hybridized carbons (Fsp3) is 0.381. The summed E-state index contributed by atoms with van der Waals surface area (Å²) >= 11 is 0. The number of benzene rings is 2. The summed E-state index contributed by atoms with van der Waals surface area (Å²) < 4.78 is 11.2. The highest BCUT2D eigenvalue weighted by Crippen LogP contribution is 2.25. The summed E-state index contributed by atoms with van der Waals surface area (Å²) in [4.78, 5) is 12.3. The van der Waals surface area contributed by atoms with Crippen molar-refractivity contribution < 1.29 is 14.3 Å². The van der Waals surface area contributed by atoms with Crippen molar-refractivity contribution in [1.29, 1.82) is 0 Å². The molecule has 0 amide bonds. The Morgan fingerprint density at radius 1 is 0.917 bits per heavy atom. The van der Waals surface area contributed by atoms with Crippen LogP contribution in [0.4, 0.5) is 0 Å². The van der Waals surface area contributed by atoms with E-state index in [2.05, 4.69) is 13.8 Å². The molecule has 0 radical (unpaired) electrons. The monoisotopic (exact) mass is 326 g/mol. The van der Waals surface area contributed by atoms with Crippen LogP contribution < -0.4 is 4.74 Å². The number of ether oxygens (including phenoxy) is 2. The maximum Gasteiger partial charge on any atom is 0.341 e. The van der Waals surface area contributed by atoms with E-state index in [0.29, 0.717) is 23.7 Å². The van der Waals surface area contributed by atoms with Gasteiger partial charge in [-0.25, -0.2) is 4.79 Å². The fourth-order valence-corrected chi connectivity index (χ4v) is 2.41. The van der Waals surface area contributed by atoms with Crippen molar-refractivity contribution in [2.75, 3.05) is 6.61 Å². The van der Waals surface area contributed by atoms with E-state index in [-0.39, 0.29) is 5.97 Å². The molecule has 0 aliphatic rings. The van der Waals surface area contributed by atoms with Crippen molar-refractivity contribution in [3.05, 3.63) is 60.2 Å². The van der Waals surface area contributed by atoms with E-state index >= 15 is 0 Å². The zero-order valence-corrected chi connectivity index (χ0v) is 14.5. The van der Waals surface area contributed by atoms with Crippen molar-refractivity contribution in [2.24, 2.45) is 5.92 Å². The van der Waals surface area contributed by atoms with E-state index in [9.17, 15) is 4.79 Å². The van der Waals surface area contributed by atoms with Crippen LogP contribution in [-0.4, -0.2) is 12.6 Å². The van der Waals surface area contributed by atoms with Crippen LogP contribution in [-0.2, 0) is 4.74 Å². The molecule has 0 aromatic heterocycles. The molecule has 0 atom stereocenters. The molecule has 24 heavy (non-hydrogen) atoms. The maximum absolute atomic E-state index is 12.3.